The Kier molecular flexibility index (Phi) is 6.61. The minimum absolute atomic E-state index is 0.0338. The molecule has 8 heteroatoms. The van der Waals surface area contributed by atoms with Crippen LogP contribution in [0, 0.1) is 0 Å². The molecule has 0 unspecified atom stereocenters. The molecular weight excluding hydrogens is 426 g/mol. The minimum atomic E-state index is -0.103. The number of hydrogen-bond acceptors (Lipinski definition) is 6. The number of benzene rings is 2. The third kappa shape index (κ3) is 4.86. The maximum absolute atomic E-state index is 13.0. The number of carbonyl (C=O) groups is 2. The molecule has 0 spiro atoms. The lowest BCUT2D eigenvalue weighted by atomic mass is 10.1. The molecule has 7 nitrogen and oxygen atoms in total. The van der Waals surface area contributed by atoms with Gasteiger partial charge in [-0.15, -0.1) is 11.3 Å². The highest BCUT2D eigenvalue weighted by Gasteiger charge is 2.23. The molecule has 1 fully saturated rings. The van der Waals surface area contributed by atoms with E-state index in [4.69, 9.17) is 9.47 Å². The fourth-order valence-corrected chi connectivity index (χ4v) is 4.26. The summed E-state index contributed by atoms with van der Waals surface area (Å²) in [5, 5.41) is 4.80. The largest absolute Gasteiger partial charge is 0.497 e. The number of ether oxygens (including phenoxy) is 2. The van der Waals surface area contributed by atoms with Crippen LogP contribution < -0.4 is 19.7 Å². The van der Waals surface area contributed by atoms with Crippen molar-refractivity contribution in [2.75, 3.05) is 50.6 Å². The molecule has 0 bridgehead atoms. The highest BCUT2D eigenvalue weighted by atomic mass is 32.1. The van der Waals surface area contributed by atoms with Gasteiger partial charge in [-0.2, -0.15) is 0 Å². The summed E-state index contributed by atoms with van der Waals surface area (Å²) in [6, 6.07) is 16.7. The molecule has 32 heavy (non-hydrogen) atoms. The first-order chi connectivity index (χ1) is 15.6. The normalized spacial score (nSPS) is 13.6. The average molecular weight is 452 g/mol. The summed E-state index contributed by atoms with van der Waals surface area (Å²) >= 11 is 1.41. The van der Waals surface area contributed by atoms with Crippen LogP contribution in [0.25, 0.3) is 0 Å². The van der Waals surface area contributed by atoms with Crippen LogP contribution in [0.2, 0.25) is 0 Å². The minimum Gasteiger partial charge on any atom is -0.497 e. The Labute approximate surface area is 191 Å². The maximum atomic E-state index is 13.0. The monoisotopic (exact) mass is 451 g/mol. The molecule has 2 amide bonds. The van der Waals surface area contributed by atoms with E-state index in [1.54, 1.807) is 38.5 Å². The number of carbonyl (C=O) groups excluding carboxylic acids is 2. The first-order valence-corrected chi connectivity index (χ1v) is 11.2. The summed E-state index contributed by atoms with van der Waals surface area (Å²) < 4.78 is 10.6. The Hall–Kier alpha value is -3.52. The van der Waals surface area contributed by atoms with Crippen molar-refractivity contribution in [3.8, 4) is 11.5 Å². The van der Waals surface area contributed by atoms with Gasteiger partial charge in [-0.05, 0) is 47.8 Å². The second-order valence-electron chi connectivity index (χ2n) is 7.36. The lowest BCUT2D eigenvalue weighted by Gasteiger charge is -2.36. The predicted octanol–water partition coefficient (Wildman–Crippen LogP) is 3.98. The highest BCUT2D eigenvalue weighted by Crippen LogP contribution is 2.25. The summed E-state index contributed by atoms with van der Waals surface area (Å²) in [7, 11) is 3.14. The van der Waals surface area contributed by atoms with E-state index in [1.807, 2.05) is 40.6 Å². The quantitative estimate of drug-likeness (QED) is 0.614. The van der Waals surface area contributed by atoms with E-state index in [1.165, 1.54) is 11.3 Å². The Morgan fingerprint density at radius 2 is 1.56 bits per heavy atom. The summed E-state index contributed by atoms with van der Waals surface area (Å²) in [5.41, 5.74) is 2.38. The van der Waals surface area contributed by atoms with Gasteiger partial charge in [0.1, 0.15) is 11.5 Å². The van der Waals surface area contributed by atoms with Crippen LogP contribution in [0.1, 0.15) is 20.0 Å². The molecule has 2 aromatic carbocycles. The first kappa shape index (κ1) is 21.7. The van der Waals surface area contributed by atoms with Crippen LogP contribution in [0.15, 0.2) is 60.0 Å². The van der Waals surface area contributed by atoms with Crippen LogP contribution in [-0.2, 0) is 0 Å². The molecule has 0 saturated carbocycles. The summed E-state index contributed by atoms with van der Waals surface area (Å²) in [6.45, 7) is 2.70. The van der Waals surface area contributed by atoms with Gasteiger partial charge in [0.05, 0.1) is 19.1 Å². The number of hydrogen-bond donors (Lipinski definition) is 1. The highest BCUT2D eigenvalue weighted by molar-refractivity contribution is 7.12. The van der Waals surface area contributed by atoms with Crippen molar-refractivity contribution in [3.63, 3.8) is 0 Å². The molecule has 1 saturated heterocycles. The number of nitrogens with zero attached hydrogens (tertiary/aromatic N) is 2. The van der Waals surface area contributed by atoms with Crippen molar-refractivity contribution in [2.45, 2.75) is 0 Å². The average Bonchev–Trinajstić information content (AvgIpc) is 3.39. The van der Waals surface area contributed by atoms with Crippen molar-refractivity contribution in [1.82, 2.24) is 4.90 Å². The van der Waals surface area contributed by atoms with E-state index >= 15 is 0 Å². The molecule has 0 aliphatic carbocycles. The zero-order valence-corrected chi connectivity index (χ0v) is 18.9. The van der Waals surface area contributed by atoms with E-state index in [-0.39, 0.29) is 11.8 Å². The maximum Gasteiger partial charge on any atom is 0.265 e. The Morgan fingerprint density at radius 3 is 2.12 bits per heavy atom. The van der Waals surface area contributed by atoms with E-state index in [0.29, 0.717) is 35.0 Å². The molecular formula is C24H25N3O4S. The zero-order chi connectivity index (χ0) is 22.5. The Bertz CT molecular complexity index is 1050. The van der Waals surface area contributed by atoms with Crippen molar-refractivity contribution >= 4 is 34.5 Å². The molecule has 1 aromatic heterocycles. The van der Waals surface area contributed by atoms with Gasteiger partial charge in [0, 0.05) is 49.2 Å². The SMILES string of the molecule is COc1cc(OC)cc(C(=O)N2CCN(c3ccc(NC(=O)c4cccs4)cc3)CC2)c1. The third-order valence-electron chi connectivity index (χ3n) is 5.40. The number of anilines is 2. The second-order valence-corrected chi connectivity index (χ2v) is 8.31. The van der Waals surface area contributed by atoms with E-state index in [0.717, 1.165) is 24.5 Å². The van der Waals surface area contributed by atoms with Crippen LogP contribution in [0.3, 0.4) is 0 Å². The molecule has 4 rings (SSSR count). The van der Waals surface area contributed by atoms with Crippen LogP contribution in [-0.4, -0.2) is 57.1 Å². The molecule has 0 radical (unpaired) electrons. The fraction of sp³-hybridized carbons (Fsp3) is 0.250. The van der Waals surface area contributed by atoms with Crippen molar-refractivity contribution in [3.05, 3.63) is 70.4 Å². The van der Waals surface area contributed by atoms with Crippen LogP contribution in [0.4, 0.5) is 11.4 Å². The zero-order valence-electron chi connectivity index (χ0n) is 18.0. The predicted molar refractivity (Wildman–Crippen MR) is 126 cm³/mol. The van der Waals surface area contributed by atoms with Gasteiger partial charge in [0.25, 0.3) is 11.8 Å². The number of rotatable bonds is 6. The number of nitrogens with one attached hydrogen (secondary N) is 1. The third-order valence-corrected chi connectivity index (χ3v) is 6.27. The van der Waals surface area contributed by atoms with Crippen LogP contribution in [0.5, 0.6) is 11.5 Å². The summed E-state index contributed by atoms with van der Waals surface area (Å²) in [4.78, 5) is 29.9. The van der Waals surface area contributed by atoms with Gasteiger partial charge in [0.15, 0.2) is 0 Å². The molecule has 1 aliphatic rings. The number of piperazine rings is 1. The molecule has 1 N–H and O–H groups in total. The van der Waals surface area contributed by atoms with Crippen molar-refractivity contribution in [2.24, 2.45) is 0 Å². The second kappa shape index (κ2) is 9.74. The van der Waals surface area contributed by atoms with Crippen molar-refractivity contribution in [1.29, 1.82) is 0 Å². The standard InChI is InChI=1S/C24H25N3O4S/c1-30-20-14-17(15-21(16-20)31-2)24(29)27-11-9-26(10-12-27)19-7-5-18(6-8-19)25-23(28)22-4-3-13-32-22/h3-8,13-16H,9-12H2,1-2H3,(H,25,28). The topological polar surface area (TPSA) is 71.1 Å². The Balaban J connectivity index is 1.35. The van der Waals surface area contributed by atoms with Gasteiger partial charge < -0.3 is 24.6 Å². The van der Waals surface area contributed by atoms with Gasteiger partial charge in [-0.1, -0.05) is 6.07 Å². The summed E-state index contributed by atoms with van der Waals surface area (Å²) in [6.07, 6.45) is 0. The molecule has 166 valence electrons. The fourth-order valence-electron chi connectivity index (χ4n) is 3.64. The molecule has 0 atom stereocenters. The smallest absolute Gasteiger partial charge is 0.265 e. The van der Waals surface area contributed by atoms with Gasteiger partial charge in [-0.25, -0.2) is 0 Å². The van der Waals surface area contributed by atoms with E-state index in [2.05, 4.69) is 10.2 Å². The van der Waals surface area contributed by atoms with Gasteiger partial charge in [-0.3, -0.25) is 9.59 Å². The van der Waals surface area contributed by atoms with Gasteiger partial charge in [0.2, 0.25) is 0 Å². The molecule has 3 aromatic rings. The van der Waals surface area contributed by atoms with E-state index < -0.39 is 0 Å². The molecule has 1 aliphatic heterocycles. The lowest BCUT2D eigenvalue weighted by Crippen LogP contribution is -2.48. The van der Waals surface area contributed by atoms with Crippen molar-refractivity contribution < 1.29 is 19.1 Å². The van der Waals surface area contributed by atoms with Crippen LogP contribution >= 0.6 is 11.3 Å². The molecule has 2 heterocycles. The lowest BCUT2D eigenvalue weighted by molar-refractivity contribution is 0.0746. The van der Waals surface area contributed by atoms with E-state index in [9.17, 15) is 9.59 Å². The number of amides is 2. The number of thiophene rings is 1. The number of methoxy groups -OCH3 is 2. The Morgan fingerprint density at radius 1 is 0.906 bits per heavy atom. The van der Waals surface area contributed by atoms with Gasteiger partial charge >= 0.3 is 0 Å². The first-order valence-electron chi connectivity index (χ1n) is 10.3. The summed E-state index contributed by atoms with van der Waals surface area (Å²) in [5.74, 6) is 1.05.